The van der Waals surface area contributed by atoms with Crippen LogP contribution in [0.15, 0.2) is 42.5 Å². The molecular weight excluding hydrogens is 228 g/mol. The Hall–Kier alpha value is -1.56. The minimum atomic E-state index is 1.17. The van der Waals surface area contributed by atoms with Crippen LogP contribution in [0, 0.1) is 0 Å². The molecule has 0 N–H and O–H groups in total. The summed E-state index contributed by atoms with van der Waals surface area (Å²) in [6.45, 7) is 2.29. The second-order valence-electron chi connectivity index (χ2n) is 5.62. The molecule has 0 fully saturated rings. The molecular formula is C19H22. The summed E-state index contributed by atoms with van der Waals surface area (Å²) in [4.78, 5) is 0. The molecule has 4 rings (SSSR count). The molecule has 0 heteroatoms. The van der Waals surface area contributed by atoms with Gasteiger partial charge >= 0.3 is 0 Å². The van der Waals surface area contributed by atoms with Crippen molar-refractivity contribution in [3.8, 4) is 0 Å². The quantitative estimate of drug-likeness (QED) is 0.735. The topological polar surface area (TPSA) is 0 Å². The lowest BCUT2D eigenvalue weighted by Gasteiger charge is -2.14. The third-order valence-electron chi connectivity index (χ3n) is 4.26. The van der Waals surface area contributed by atoms with Gasteiger partial charge in [0.15, 0.2) is 0 Å². The van der Waals surface area contributed by atoms with Gasteiger partial charge in [0.2, 0.25) is 0 Å². The van der Waals surface area contributed by atoms with Crippen LogP contribution in [0.5, 0.6) is 0 Å². The van der Waals surface area contributed by atoms with Gasteiger partial charge in [-0.05, 0) is 59.9 Å². The molecule has 2 aromatic carbocycles. The molecule has 0 spiro atoms. The van der Waals surface area contributed by atoms with Gasteiger partial charge in [0, 0.05) is 0 Å². The van der Waals surface area contributed by atoms with E-state index < -0.39 is 0 Å². The molecule has 2 aromatic rings. The van der Waals surface area contributed by atoms with Crippen LogP contribution < -0.4 is 0 Å². The summed E-state index contributed by atoms with van der Waals surface area (Å²) in [7, 11) is 0. The minimum absolute atomic E-state index is 1.17. The molecule has 4 bridgehead atoms. The van der Waals surface area contributed by atoms with Crippen LogP contribution >= 0.6 is 0 Å². The van der Waals surface area contributed by atoms with Gasteiger partial charge in [-0.3, -0.25) is 0 Å². The Kier molecular flexibility index (Phi) is 3.68. The molecule has 0 radical (unpaired) electrons. The maximum atomic E-state index is 2.33. The fourth-order valence-corrected chi connectivity index (χ4v) is 3.16. The van der Waals surface area contributed by atoms with E-state index in [0.29, 0.717) is 0 Å². The standard InChI is InChI=1S/C19H22/c1-2-4-19-17-5-3-6-18(19)14-12-16-9-7-15(8-10-16)11-13-17/h3,5-10H,2,4,11-14H2,1H3. The van der Waals surface area contributed by atoms with Gasteiger partial charge in [-0.15, -0.1) is 0 Å². The number of rotatable bonds is 2. The van der Waals surface area contributed by atoms with Gasteiger partial charge in [0.05, 0.1) is 0 Å². The van der Waals surface area contributed by atoms with Crippen LogP contribution in [-0.2, 0) is 32.1 Å². The zero-order chi connectivity index (χ0) is 13.1. The van der Waals surface area contributed by atoms with E-state index in [4.69, 9.17) is 0 Å². The molecule has 0 saturated heterocycles. The Bertz CT molecular complexity index is 504. The SMILES string of the molecule is CCCc1c2cccc1CCc1ccc(cc1)CC2. The summed E-state index contributed by atoms with van der Waals surface area (Å²) in [6, 6.07) is 16.1. The number of aryl methyl sites for hydroxylation is 4. The van der Waals surface area contributed by atoms with Crippen molar-refractivity contribution >= 4 is 0 Å². The van der Waals surface area contributed by atoms with Crippen molar-refractivity contribution in [1.29, 1.82) is 0 Å². The van der Waals surface area contributed by atoms with Gasteiger partial charge in [0.25, 0.3) is 0 Å². The predicted octanol–water partition coefficient (Wildman–Crippen LogP) is 4.52. The van der Waals surface area contributed by atoms with Gasteiger partial charge in [0.1, 0.15) is 0 Å². The van der Waals surface area contributed by atoms with E-state index in [9.17, 15) is 0 Å². The number of benzene rings is 2. The smallest absolute Gasteiger partial charge is 0.0235 e. The zero-order valence-corrected chi connectivity index (χ0v) is 11.8. The predicted molar refractivity (Wildman–Crippen MR) is 81.7 cm³/mol. The summed E-state index contributed by atoms with van der Waals surface area (Å²) in [6.07, 6.45) is 7.18. The summed E-state index contributed by atoms with van der Waals surface area (Å²) in [5.74, 6) is 0. The molecule has 0 nitrogen and oxygen atoms in total. The molecule has 19 heavy (non-hydrogen) atoms. The lowest BCUT2D eigenvalue weighted by Crippen LogP contribution is -2.02. The summed E-state index contributed by atoms with van der Waals surface area (Å²) < 4.78 is 0. The van der Waals surface area contributed by atoms with Crippen LogP contribution in [0.4, 0.5) is 0 Å². The minimum Gasteiger partial charge on any atom is -0.0651 e. The molecule has 0 heterocycles. The zero-order valence-electron chi connectivity index (χ0n) is 11.8. The highest BCUT2D eigenvalue weighted by Gasteiger charge is 2.10. The highest BCUT2D eigenvalue weighted by molar-refractivity contribution is 5.38. The second kappa shape index (κ2) is 5.61. The van der Waals surface area contributed by atoms with E-state index >= 15 is 0 Å². The summed E-state index contributed by atoms with van der Waals surface area (Å²) in [5, 5.41) is 0. The van der Waals surface area contributed by atoms with E-state index in [1.165, 1.54) is 49.7 Å². The Labute approximate surface area is 116 Å². The maximum absolute atomic E-state index is 2.33. The van der Waals surface area contributed by atoms with Gasteiger partial charge in [-0.2, -0.15) is 0 Å². The molecule has 2 aliphatic rings. The Morgan fingerprint density at radius 2 is 1.26 bits per heavy atom. The van der Waals surface area contributed by atoms with Crippen LogP contribution in [0.3, 0.4) is 0 Å². The lowest BCUT2D eigenvalue weighted by atomic mass is 9.92. The molecule has 2 aliphatic carbocycles. The average molecular weight is 250 g/mol. The number of hydrogen-bond acceptors (Lipinski definition) is 0. The Morgan fingerprint density at radius 3 is 1.74 bits per heavy atom. The monoisotopic (exact) mass is 250 g/mol. The first kappa shape index (κ1) is 12.5. The molecule has 0 aromatic heterocycles. The van der Waals surface area contributed by atoms with Crippen LogP contribution in [0.1, 0.15) is 41.2 Å². The van der Waals surface area contributed by atoms with Crippen LogP contribution in [0.25, 0.3) is 0 Å². The van der Waals surface area contributed by atoms with Crippen molar-refractivity contribution in [1.82, 2.24) is 0 Å². The largest absolute Gasteiger partial charge is 0.0651 e. The number of hydrogen-bond donors (Lipinski definition) is 0. The van der Waals surface area contributed by atoms with Crippen LogP contribution in [0.2, 0.25) is 0 Å². The highest BCUT2D eigenvalue weighted by Crippen LogP contribution is 2.22. The van der Waals surface area contributed by atoms with Crippen LogP contribution in [-0.4, -0.2) is 0 Å². The molecule has 98 valence electrons. The normalized spacial score (nSPS) is 14.2. The van der Waals surface area contributed by atoms with E-state index in [-0.39, 0.29) is 0 Å². The fourth-order valence-electron chi connectivity index (χ4n) is 3.16. The molecule has 0 unspecified atom stereocenters. The first-order chi connectivity index (χ1) is 9.36. The van der Waals surface area contributed by atoms with E-state index in [0.717, 1.165) is 0 Å². The van der Waals surface area contributed by atoms with E-state index in [2.05, 4.69) is 49.4 Å². The second-order valence-corrected chi connectivity index (χ2v) is 5.62. The number of fused-ring (bicyclic) bond motifs is 4. The van der Waals surface area contributed by atoms with Crippen molar-refractivity contribution < 1.29 is 0 Å². The summed E-state index contributed by atoms with van der Waals surface area (Å²) in [5.41, 5.74) is 7.72. The van der Waals surface area contributed by atoms with E-state index in [1.54, 1.807) is 16.7 Å². The lowest BCUT2D eigenvalue weighted by molar-refractivity contribution is 0.846. The van der Waals surface area contributed by atoms with Gasteiger partial charge in [-0.1, -0.05) is 55.8 Å². The van der Waals surface area contributed by atoms with Gasteiger partial charge < -0.3 is 0 Å². The highest BCUT2D eigenvalue weighted by atomic mass is 14.1. The van der Waals surface area contributed by atoms with Crippen molar-refractivity contribution in [2.45, 2.75) is 45.4 Å². The fraction of sp³-hybridized carbons (Fsp3) is 0.368. The van der Waals surface area contributed by atoms with Crippen molar-refractivity contribution in [3.63, 3.8) is 0 Å². The molecule has 0 amide bonds. The average Bonchev–Trinajstić information content (AvgIpc) is 2.48. The van der Waals surface area contributed by atoms with Crippen molar-refractivity contribution in [2.75, 3.05) is 0 Å². The molecule has 0 saturated carbocycles. The Morgan fingerprint density at radius 1 is 0.737 bits per heavy atom. The van der Waals surface area contributed by atoms with E-state index in [1.807, 2.05) is 0 Å². The first-order valence-electron chi connectivity index (χ1n) is 7.54. The first-order valence-corrected chi connectivity index (χ1v) is 7.54. The molecule has 0 aliphatic heterocycles. The van der Waals surface area contributed by atoms with Crippen molar-refractivity contribution in [2.24, 2.45) is 0 Å². The Balaban J connectivity index is 2.01. The maximum Gasteiger partial charge on any atom is -0.0235 e. The van der Waals surface area contributed by atoms with Crippen molar-refractivity contribution in [3.05, 3.63) is 70.3 Å². The summed E-state index contributed by atoms with van der Waals surface area (Å²) >= 11 is 0. The third kappa shape index (κ3) is 2.73. The third-order valence-corrected chi connectivity index (χ3v) is 4.26. The van der Waals surface area contributed by atoms with Gasteiger partial charge in [-0.25, -0.2) is 0 Å². The molecule has 0 atom stereocenters.